The van der Waals surface area contributed by atoms with E-state index < -0.39 is 58.6 Å². The number of fused-ring (bicyclic) bond motifs is 2. The van der Waals surface area contributed by atoms with Crippen molar-refractivity contribution >= 4 is 11.9 Å². The van der Waals surface area contributed by atoms with Gasteiger partial charge in [-0.2, -0.15) is 13.2 Å². The van der Waals surface area contributed by atoms with E-state index in [4.69, 9.17) is 9.47 Å². The van der Waals surface area contributed by atoms with Crippen LogP contribution in [0.3, 0.4) is 0 Å². The number of ether oxygens (including phenoxy) is 2. The summed E-state index contributed by atoms with van der Waals surface area (Å²) in [7, 11) is 0. The molecule has 1 amide bonds. The fourth-order valence-electron chi connectivity index (χ4n) is 3.93. The maximum atomic E-state index is 13.6. The number of hydrogen-bond donors (Lipinski definition) is 0. The van der Waals surface area contributed by atoms with E-state index in [1.807, 2.05) is 0 Å². The molecule has 0 aliphatic carbocycles. The van der Waals surface area contributed by atoms with Gasteiger partial charge in [0.25, 0.3) is 0 Å². The second-order valence-corrected chi connectivity index (χ2v) is 8.45. The number of Topliss-reactive ketones (excluding diaryl/α,β-unsaturated/α-hetero) is 1. The van der Waals surface area contributed by atoms with Crippen LogP contribution in [-0.4, -0.2) is 47.7 Å². The van der Waals surface area contributed by atoms with E-state index in [0.29, 0.717) is 18.2 Å². The summed E-state index contributed by atoms with van der Waals surface area (Å²) in [5, 5.41) is 0. The highest BCUT2D eigenvalue weighted by molar-refractivity contribution is 5.99. The summed E-state index contributed by atoms with van der Waals surface area (Å²) < 4.78 is 64.4. The monoisotopic (exact) mass is 417 g/mol. The number of rotatable bonds is 2. The predicted octanol–water partition coefficient (Wildman–Crippen LogP) is 4.44. The fourth-order valence-corrected chi connectivity index (χ4v) is 3.93. The van der Waals surface area contributed by atoms with E-state index in [-0.39, 0.29) is 26.1 Å². The molecule has 160 valence electrons. The van der Waals surface area contributed by atoms with Crippen LogP contribution in [-0.2, 0) is 15.7 Å². The first-order chi connectivity index (χ1) is 13.4. The average Bonchev–Trinajstić information content (AvgIpc) is 2.57. The number of halogens is 4. The zero-order valence-electron chi connectivity index (χ0n) is 16.4. The molecular weight excluding hydrogens is 394 g/mol. The molecule has 1 aromatic carbocycles. The third-order valence-electron chi connectivity index (χ3n) is 5.05. The number of benzene rings is 1. The Balaban J connectivity index is 1.84. The van der Waals surface area contributed by atoms with Gasteiger partial charge >= 0.3 is 12.3 Å². The Hall–Kier alpha value is -2.16. The van der Waals surface area contributed by atoms with Gasteiger partial charge in [-0.15, -0.1) is 0 Å². The molecule has 2 aliphatic heterocycles. The minimum atomic E-state index is -4.77. The van der Waals surface area contributed by atoms with Crippen molar-refractivity contribution in [2.75, 3.05) is 13.2 Å². The number of carbonyl (C=O) groups is 2. The minimum Gasteiger partial charge on any atom is -0.444 e. The third-order valence-corrected chi connectivity index (χ3v) is 5.05. The van der Waals surface area contributed by atoms with Crippen molar-refractivity contribution in [2.45, 2.75) is 57.5 Å². The van der Waals surface area contributed by atoms with Crippen molar-refractivity contribution in [3.8, 4) is 0 Å². The molecule has 2 heterocycles. The molecule has 2 bridgehead atoms. The van der Waals surface area contributed by atoms with Crippen molar-refractivity contribution in [1.82, 2.24) is 4.90 Å². The molecule has 2 saturated heterocycles. The number of ketones is 1. The lowest BCUT2D eigenvalue weighted by Crippen LogP contribution is -2.60. The fraction of sp³-hybridized carbons (Fsp3) is 0.600. The molecule has 2 unspecified atom stereocenters. The maximum Gasteiger partial charge on any atom is 0.417 e. The highest BCUT2D eigenvalue weighted by Crippen LogP contribution is 2.38. The molecule has 2 aliphatic rings. The molecule has 3 rings (SSSR count). The number of hydrogen-bond acceptors (Lipinski definition) is 4. The first-order valence-corrected chi connectivity index (χ1v) is 9.37. The molecule has 0 aromatic heterocycles. The second kappa shape index (κ2) is 7.59. The number of amides is 1. The van der Waals surface area contributed by atoms with Gasteiger partial charge in [-0.25, -0.2) is 9.18 Å². The van der Waals surface area contributed by atoms with Gasteiger partial charge in [0, 0.05) is 11.5 Å². The quantitative estimate of drug-likeness (QED) is 0.527. The lowest BCUT2D eigenvalue weighted by Gasteiger charge is -2.47. The largest absolute Gasteiger partial charge is 0.444 e. The van der Waals surface area contributed by atoms with Crippen molar-refractivity contribution in [3.05, 3.63) is 35.1 Å². The van der Waals surface area contributed by atoms with Gasteiger partial charge in [0.15, 0.2) is 5.78 Å². The summed E-state index contributed by atoms with van der Waals surface area (Å²) in [5.41, 5.74) is -2.53. The summed E-state index contributed by atoms with van der Waals surface area (Å²) in [6.45, 7) is 5.52. The summed E-state index contributed by atoms with van der Waals surface area (Å²) in [4.78, 5) is 27.0. The zero-order chi connectivity index (χ0) is 21.6. The van der Waals surface area contributed by atoms with Crippen molar-refractivity contribution < 1.29 is 36.6 Å². The summed E-state index contributed by atoms with van der Waals surface area (Å²) in [6, 6.07) is 0.927. The van der Waals surface area contributed by atoms with Crippen LogP contribution in [0, 0.1) is 11.7 Å². The second-order valence-electron chi connectivity index (χ2n) is 8.45. The molecule has 2 fully saturated rings. The Morgan fingerprint density at radius 3 is 2.21 bits per heavy atom. The van der Waals surface area contributed by atoms with Gasteiger partial charge in [0.1, 0.15) is 11.4 Å². The van der Waals surface area contributed by atoms with Gasteiger partial charge < -0.3 is 9.47 Å². The summed E-state index contributed by atoms with van der Waals surface area (Å²) in [6.07, 6.45) is -5.05. The number of alkyl halides is 3. The van der Waals surface area contributed by atoms with Gasteiger partial charge in [0.2, 0.25) is 0 Å². The maximum absolute atomic E-state index is 13.6. The van der Waals surface area contributed by atoms with Gasteiger partial charge in [-0.1, -0.05) is 0 Å². The molecule has 0 spiro atoms. The van der Waals surface area contributed by atoms with Crippen LogP contribution in [0.5, 0.6) is 0 Å². The molecule has 0 radical (unpaired) electrons. The molecule has 1 aromatic rings. The van der Waals surface area contributed by atoms with E-state index >= 15 is 0 Å². The lowest BCUT2D eigenvalue weighted by atomic mass is 9.80. The average molecular weight is 417 g/mol. The van der Waals surface area contributed by atoms with Gasteiger partial charge in [-0.3, -0.25) is 9.69 Å². The lowest BCUT2D eigenvalue weighted by molar-refractivity contribution is -0.138. The Morgan fingerprint density at radius 2 is 1.69 bits per heavy atom. The normalized spacial score (nSPS) is 24.9. The van der Waals surface area contributed by atoms with Crippen LogP contribution in [0.2, 0.25) is 0 Å². The number of piperidine rings is 1. The Kier molecular flexibility index (Phi) is 5.64. The van der Waals surface area contributed by atoms with Gasteiger partial charge in [-0.05, 0) is 51.8 Å². The van der Waals surface area contributed by atoms with E-state index in [1.54, 1.807) is 20.8 Å². The van der Waals surface area contributed by atoms with Crippen LogP contribution < -0.4 is 0 Å². The van der Waals surface area contributed by atoms with Crippen LogP contribution in [0.1, 0.15) is 49.5 Å². The highest BCUT2D eigenvalue weighted by Gasteiger charge is 2.46. The van der Waals surface area contributed by atoms with Crippen molar-refractivity contribution in [2.24, 2.45) is 5.92 Å². The molecular formula is C20H23F4NO4. The highest BCUT2D eigenvalue weighted by atomic mass is 19.4. The Morgan fingerprint density at radius 1 is 1.10 bits per heavy atom. The smallest absolute Gasteiger partial charge is 0.417 e. The molecule has 0 N–H and O–H groups in total. The van der Waals surface area contributed by atoms with Crippen LogP contribution in [0.4, 0.5) is 22.4 Å². The molecule has 2 atom stereocenters. The Bertz CT molecular complexity index is 789. The number of nitrogens with zero attached hydrogens (tertiary/aromatic N) is 1. The van der Waals surface area contributed by atoms with Crippen LogP contribution in [0.25, 0.3) is 0 Å². The van der Waals surface area contributed by atoms with Crippen molar-refractivity contribution in [3.63, 3.8) is 0 Å². The number of carbonyl (C=O) groups excluding carboxylic acids is 2. The van der Waals surface area contributed by atoms with Crippen LogP contribution >= 0.6 is 0 Å². The van der Waals surface area contributed by atoms with E-state index in [0.717, 1.165) is 0 Å². The molecule has 5 nitrogen and oxygen atoms in total. The molecule has 29 heavy (non-hydrogen) atoms. The zero-order valence-corrected chi connectivity index (χ0v) is 16.4. The topological polar surface area (TPSA) is 55.8 Å². The SMILES string of the molecule is CC(C)(C)OC(=O)N1C2COCC1CC(C(=O)c1cc(F)ccc1C(F)(F)F)C2. The first-order valence-electron chi connectivity index (χ1n) is 9.37. The standard InChI is InChI=1S/C20H23F4NO4/c1-19(2,3)29-18(27)25-13-6-11(7-14(25)10-28-9-13)17(26)15-8-12(21)4-5-16(15)20(22,23)24/h4-5,8,11,13-14H,6-7,9-10H2,1-3H3. The predicted molar refractivity (Wildman–Crippen MR) is 94.9 cm³/mol. The van der Waals surface area contributed by atoms with Gasteiger partial charge in [0.05, 0.1) is 30.9 Å². The number of morpholine rings is 1. The Labute approximate surface area is 166 Å². The van der Waals surface area contributed by atoms with Crippen molar-refractivity contribution in [1.29, 1.82) is 0 Å². The van der Waals surface area contributed by atoms with E-state index in [2.05, 4.69) is 0 Å². The van der Waals surface area contributed by atoms with E-state index in [9.17, 15) is 27.2 Å². The van der Waals surface area contributed by atoms with Crippen LogP contribution in [0.15, 0.2) is 18.2 Å². The third kappa shape index (κ3) is 4.71. The minimum absolute atomic E-state index is 0.127. The first kappa shape index (κ1) is 21.5. The summed E-state index contributed by atoms with van der Waals surface area (Å²) in [5.74, 6) is -2.44. The summed E-state index contributed by atoms with van der Waals surface area (Å²) >= 11 is 0. The molecule has 0 saturated carbocycles. The van der Waals surface area contributed by atoms with E-state index in [1.165, 1.54) is 4.90 Å². The molecule has 9 heteroatoms.